The van der Waals surface area contributed by atoms with Crippen molar-refractivity contribution in [3.05, 3.63) is 52.0 Å². The van der Waals surface area contributed by atoms with Crippen LogP contribution in [0.5, 0.6) is 0 Å². The maximum atomic E-state index is 9.14. The van der Waals surface area contributed by atoms with Crippen LogP contribution in [0.3, 0.4) is 0 Å². The van der Waals surface area contributed by atoms with E-state index in [1.54, 1.807) is 12.1 Å². The lowest BCUT2D eigenvalue weighted by atomic mass is 10.1. The molecule has 0 radical (unpaired) electrons. The van der Waals surface area contributed by atoms with Crippen molar-refractivity contribution in [1.82, 2.24) is 0 Å². The first kappa shape index (κ1) is 13.4. The van der Waals surface area contributed by atoms with Crippen LogP contribution in [0.1, 0.15) is 18.1 Å². The largest absolute Gasteiger partial charge is 0.399 e. The van der Waals surface area contributed by atoms with Gasteiger partial charge in [0.15, 0.2) is 0 Å². The summed E-state index contributed by atoms with van der Waals surface area (Å²) >= 11 is 3.46. The number of hydrogen-bond donors (Lipinski definition) is 2. The zero-order valence-electron chi connectivity index (χ0n) is 10.6. The molecule has 3 N–H and O–H groups in total. The van der Waals surface area contributed by atoms with Gasteiger partial charge in [-0.15, -0.1) is 0 Å². The maximum Gasteiger partial charge on any atom is 0.101 e. The molecule has 0 aliphatic heterocycles. The predicted octanol–water partition coefficient (Wildman–Crippen LogP) is 4.21. The molecule has 96 valence electrons. The molecule has 0 aliphatic rings. The van der Waals surface area contributed by atoms with Gasteiger partial charge in [-0.2, -0.15) is 5.26 Å². The van der Waals surface area contributed by atoms with Gasteiger partial charge >= 0.3 is 0 Å². The van der Waals surface area contributed by atoms with Crippen molar-refractivity contribution in [2.75, 3.05) is 11.1 Å². The Kier molecular flexibility index (Phi) is 4.08. The van der Waals surface area contributed by atoms with Gasteiger partial charge in [-0.1, -0.05) is 22.9 Å². The summed E-state index contributed by atoms with van der Waals surface area (Å²) in [5, 5.41) is 12.4. The molecule has 0 bridgehead atoms. The molecule has 0 aliphatic carbocycles. The van der Waals surface area contributed by atoms with E-state index in [9.17, 15) is 0 Å². The van der Waals surface area contributed by atoms with Gasteiger partial charge in [-0.3, -0.25) is 0 Å². The second-order valence-electron chi connectivity index (χ2n) is 4.20. The molecule has 2 aromatic rings. The summed E-state index contributed by atoms with van der Waals surface area (Å²) in [6.45, 7) is 2.10. The van der Waals surface area contributed by atoms with Gasteiger partial charge in [0, 0.05) is 15.8 Å². The fourth-order valence-corrected chi connectivity index (χ4v) is 2.29. The van der Waals surface area contributed by atoms with Gasteiger partial charge in [0.1, 0.15) is 6.07 Å². The summed E-state index contributed by atoms with van der Waals surface area (Å²) in [4.78, 5) is 0. The molecule has 0 amide bonds. The summed E-state index contributed by atoms with van der Waals surface area (Å²) < 4.78 is 1.05. The number of nitrogens with zero attached hydrogens (tertiary/aromatic N) is 1. The topological polar surface area (TPSA) is 61.8 Å². The molecule has 0 saturated heterocycles. The maximum absolute atomic E-state index is 9.14. The molecular weight excluding hydrogens is 302 g/mol. The van der Waals surface area contributed by atoms with E-state index in [0.29, 0.717) is 11.3 Å². The van der Waals surface area contributed by atoms with Crippen LogP contribution in [0.25, 0.3) is 0 Å². The average Bonchev–Trinajstić information content (AvgIpc) is 2.42. The normalized spacial score (nSPS) is 9.95. The minimum absolute atomic E-state index is 0.546. The van der Waals surface area contributed by atoms with Gasteiger partial charge in [0.2, 0.25) is 0 Å². The molecule has 0 atom stereocenters. The number of hydrogen-bond acceptors (Lipinski definition) is 3. The van der Waals surface area contributed by atoms with Gasteiger partial charge in [-0.05, 0) is 48.4 Å². The summed E-state index contributed by atoms with van der Waals surface area (Å²) in [5.41, 5.74) is 9.79. The van der Waals surface area contributed by atoms with Crippen LogP contribution in [0.15, 0.2) is 40.9 Å². The highest BCUT2D eigenvalue weighted by atomic mass is 79.9. The van der Waals surface area contributed by atoms with Gasteiger partial charge in [0.05, 0.1) is 11.3 Å². The molecular formula is C15H14BrN3. The summed E-state index contributed by atoms with van der Waals surface area (Å²) in [7, 11) is 0. The average molecular weight is 316 g/mol. The lowest BCUT2D eigenvalue weighted by Crippen LogP contribution is -1.98. The third-order valence-corrected chi connectivity index (χ3v) is 3.37. The smallest absolute Gasteiger partial charge is 0.101 e. The molecule has 0 saturated carbocycles. The van der Waals surface area contributed by atoms with Crippen LogP contribution < -0.4 is 11.1 Å². The van der Waals surface area contributed by atoms with Crippen molar-refractivity contribution in [2.24, 2.45) is 0 Å². The van der Waals surface area contributed by atoms with E-state index >= 15 is 0 Å². The Morgan fingerprint density at radius 3 is 2.63 bits per heavy atom. The van der Waals surface area contributed by atoms with Gasteiger partial charge in [0.25, 0.3) is 0 Å². The lowest BCUT2D eigenvalue weighted by Gasteiger charge is -2.13. The van der Waals surface area contributed by atoms with E-state index in [1.807, 2.05) is 18.2 Å². The SMILES string of the molecule is CCc1cc(Br)ccc1Nc1ccc(N)cc1C#N. The van der Waals surface area contributed by atoms with Crippen molar-refractivity contribution in [2.45, 2.75) is 13.3 Å². The Balaban J connectivity index is 2.39. The van der Waals surface area contributed by atoms with E-state index in [-0.39, 0.29) is 0 Å². The van der Waals surface area contributed by atoms with Crippen LogP contribution in [0.2, 0.25) is 0 Å². The standard InChI is InChI=1S/C15H14BrN3/c1-2-10-7-12(16)3-5-14(10)19-15-6-4-13(18)8-11(15)9-17/h3-8,19H,2,18H2,1H3. The minimum Gasteiger partial charge on any atom is -0.399 e. The summed E-state index contributed by atoms with van der Waals surface area (Å²) in [6.07, 6.45) is 0.915. The minimum atomic E-state index is 0.546. The van der Waals surface area contributed by atoms with E-state index in [4.69, 9.17) is 11.0 Å². The Bertz CT molecular complexity index is 644. The molecule has 0 unspecified atom stereocenters. The van der Waals surface area contributed by atoms with E-state index in [1.165, 1.54) is 5.56 Å². The number of nitrogens with one attached hydrogen (secondary N) is 1. The Morgan fingerprint density at radius 1 is 1.21 bits per heavy atom. The van der Waals surface area contributed by atoms with Crippen LogP contribution >= 0.6 is 15.9 Å². The zero-order valence-corrected chi connectivity index (χ0v) is 12.2. The first-order valence-corrected chi connectivity index (χ1v) is 6.78. The van der Waals surface area contributed by atoms with Crippen LogP contribution in [0.4, 0.5) is 17.1 Å². The lowest BCUT2D eigenvalue weighted by molar-refractivity contribution is 1.14. The zero-order chi connectivity index (χ0) is 13.8. The molecule has 0 aromatic heterocycles. The van der Waals surface area contributed by atoms with Crippen LogP contribution in [0, 0.1) is 11.3 Å². The monoisotopic (exact) mass is 315 g/mol. The second-order valence-corrected chi connectivity index (χ2v) is 5.11. The number of nitrogens with two attached hydrogens (primary N) is 1. The third-order valence-electron chi connectivity index (χ3n) is 2.88. The quantitative estimate of drug-likeness (QED) is 0.834. The first-order chi connectivity index (χ1) is 9.13. The summed E-state index contributed by atoms with van der Waals surface area (Å²) in [6, 6.07) is 13.5. The Morgan fingerprint density at radius 2 is 1.95 bits per heavy atom. The highest BCUT2D eigenvalue weighted by Gasteiger charge is 2.06. The second kappa shape index (κ2) is 5.77. The first-order valence-electron chi connectivity index (χ1n) is 5.99. The number of aryl methyl sites for hydroxylation is 1. The fraction of sp³-hybridized carbons (Fsp3) is 0.133. The number of nitrogen functional groups attached to an aromatic ring is 1. The van der Waals surface area contributed by atoms with Gasteiger partial charge < -0.3 is 11.1 Å². The van der Waals surface area contributed by atoms with Crippen molar-refractivity contribution < 1.29 is 0 Å². The third kappa shape index (κ3) is 3.07. The van der Waals surface area contributed by atoms with E-state index in [0.717, 1.165) is 22.3 Å². The van der Waals surface area contributed by atoms with Crippen molar-refractivity contribution >= 4 is 33.0 Å². The number of rotatable bonds is 3. The molecule has 4 heteroatoms. The van der Waals surface area contributed by atoms with E-state index in [2.05, 4.69) is 40.3 Å². The number of benzene rings is 2. The van der Waals surface area contributed by atoms with Crippen LogP contribution in [-0.4, -0.2) is 0 Å². The number of halogens is 1. The van der Waals surface area contributed by atoms with Crippen LogP contribution in [-0.2, 0) is 6.42 Å². The molecule has 0 fully saturated rings. The van der Waals surface area contributed by atoms with E-state index < -0.39 is 0 Å². The predicted molar refractivity (Wildman–Crippen MR) is 82.4 cm³/mol. The van der Waals surface area contributed by atoms with Gasteiger partial charge in [-0.25, -0.2) is 0 Å². The number of nitriles is 1. The molecule has 0 spiro atoms. The van der Waals surface area contributed by atoms with Crippen molar-refractivity contribution in [1.29, 1.82) is 5.26 Å². The molecule has 3 nitrogen and oxygen atoms in total. The van der Waals surface area contributed by atoms with Crippen molar-refractivity contribution in [3.63, 3.8) is 0 Å². The van der Waals surface area contributed by atoms with Crippen molar-refractivity contribution in [3.8, 4) is 6.07 Å². The Labute approximate surface area is 121 Å². The number of anilines is 3. The molecule has 2 aromatic carbocycles. The Hall–Kier alpha value is -1.99. The highest BCUT2D eigenvalue weighted by molar-refractivity contribution is 9.10. The molecule has 2 rings (SSSR count). The fourth-order valence-electron chi connectivity index (χ4n) is 1.89. The summed E-state index contributed by atoms with van der Waals surface area (Å²) in [5.74, 6) is 0. The molecule has 0 heterocycles. The molecule has 19 heavy (non-hydrogen) atoms. The highest BCUT2D eigenvalue weighted by Crippen LogP contribution is 2.27.